The Morgan fingerprint density at radius 2 is 2.00 bits per heavy atom. The molecule has 2 heterocycles. The number of thioether (sulfide) groups is 1. The van der Waals surface area contributed by atoms with Crippen molar-refractivity contribution in [3.63, 3.8) is 0 Å². The van der Waals surface area contributed by atoms with Crippen LogP contribution < -0.4 is 5.32 Å². The number of nitrogens with one attached hydrogen (secondary N) is 1. The molecule has 3 heteroatoms. The highest BCUT2D eigenvalue weighted by Crippen LogP contribution is 2.25. The van der Waals surface area contributed by atoms with Crippen molar-refractivity contribution in [3.8, 4) is 0 Å². The topological polar surface area (TPSA) is 21.3 Å². The van der Waals surface area contributed by atoms with Gasteiger partial charge in [0.15, 0.2) is 0 Å². The molecule has 0 aromatic heterocycles. The summed E-state index contributed by atoms with van der Waals surface area (Å²) in [7, 11) is 0. The van der Waals surface area contributed by atoms with Gasteiger partial charge in [0.05, 0.1) is 5.60 Å². The smallest absolute Gasteiger partial charge is 0.0641 e. The Morgan fingerprint density at radius 1 is 1.25 bits per heavy atom. The van der Waals surface area contributed by atoms with Gasteiger partial charge in [-0.2, -0.15) is 11.8 Å². The van der Waals surface area contributed by atoms with E-state index >= 15 is 0 Å². The molecule has 1 N–H and O–H groups in total. The lowest BCUT2D eigenvalue weighted by atomic mass is 9.93. The Labute approximate surface area is 104 Å². The van der Waals surface area contributed by atoms with E-state index in [2.05, 4.69) is 30.9 Å². The first-order valence-corrected chi connectivity index (χ1v) is 7.76. The molecule has 0 saturated carbocycles. The molecular weight excluding hydrogens is 218 g/mol. The van der Waals surface area contributed by atoms with Crippen LogP contribution in [0.2, 0.25) is 0 Å². The van der Waals surface area contributed by atoms with Crippen LogP contribution in [0.5, 0.6) is 0 Å². The normalized spacial score (nSPS) is 31.5. The third-order valence-corrected chi connectivity index (χ3v) is 4.78. The number of rotatable bonds is 3. The van der Waals surface area contributed by atoms with E-state index in [1.165, 1.54) is 37.3 Å². The molecule has 0 radical (unpaired) electrons. The monoisotopic (exact) mass is 243 g/mol. The van der Waals surface area contributed by atoms with E-state index in [0.717, 1.165) is 18.9 Å². The minimum Gasteiger partial charge on any atom is -0.375 e. The first-order valence-electron chi connectivity index (χ1n) is 6.61. The van der Waals surface area contributed by atoms with Crippen molar-refractivity contribution >= 4 is 11.8 Å². The van der Waals surface area contributed by atoms with E-state index in [0.29, 0.717) is 6.04 Å². The van der Waals surface area contributed by atoms with E-state index in [1.54, 1.807) is 0 Å². The highest BCUT2D eigenvalue weighted by Gasteiger charge is 2.28. The Balaban J connectivity index is 1.68. The average Bonchev–Trinajstić information content (AvgIpc) is 2.27. The molecule has 0 spiro atoms. The highest BCUT2D eigenvalue weighted by molar-refractivity contribution is 7.99. The molecule has 1 atom stereocenters. The second-order valence-corrected chi connectivity index (χ2v) is 6.99. The van der Waals surface area contributed by atoms with Gasteiger partial charge in [0.2, 0.25) is 0 Å². The lowest BCUT2D eigenvalue weighted by Gasteiger charge is -2.36. The van der Waals surface area contributed by atoms with Crippen LogP contribution in [0.15, 0.2) is 0 Å². The molecule has 0 aromatic carbocycles. The highest BCUT2D eigenvalue weighted by atomic mass is 32.2. The van der Waals surface area contributed by atoms with Crippen LogP contribution in [0, 0.1) is 5.92 Å². The third kappa shape index (κ3) is 3.94. The molecule has 2 aliphatic heterocycles. The lowest BCUT2D eigenvalue weighted by Crippen LogP contribution is -2.45. The maximum Gasteiger partial charge on any atom is 0.0641 e. The van der Waals surface area contributed by atoms with Crippen molar-refractivity contribution in [2.24, 2.45) is 5.92 Å². The van der Waals surface area contributed by atoms with Gasteiger partial charge < -0.3 is 10.1 Å². The zero-order valence-corrected chi connectivity index (χ0v) is 11.4. The van der Waals surface area contributed by atoms with Gasteiger partial charge in [-0.25, -0.2) is 0 Å². The van der Waals surface area contributed by atoms with Gasteiger partial charge in [0, 0.05) is 12.6 Å². The Hall–Kier alpha value is 0.270. The van der Waals surface area contributed by atoms with Gasteiger partial charge in [0.1, 0.15) is 0 Å². The van der Waals surface area contributed by atoms with Gasteiger partial charge in [0.25, 0.3) is 0 Å². The van der Waals surface area contributed by atoms with Crippen molar-refractivity contribution < 1.29 is 4.74 Å². The standard InChI is InChI=1S/C13H25NOS/c1-13(2)9-12(3-6-15-13)14-10-11-4-7-16-8-5-11/h11-12,14H,3-10H2,1-2H3. The lowest BCUT2D eigenvalue weighted by molar-refractivity contribution is -0.0632. The number of ether oxygens (including phenoxy) is 1. The van der Waals surface area contributed by atoms with Crippen LogP contribution >= 0.6 is 11.8 Å². The first-order chi connectivity index (χ1) is 7.66. The minimum absolute atomic E-state index is 0.0817. The molecule has 16 heavy (non-hydrogen) atoms. The Morgan fingerprint density at radius 3 is 2.69 bits per heavy atom. The second-order valence-electron chi connectivity index (χ2n) is 5.76. The summed E-state index contributed by atoms with van der Waals surface area (Å²) in [5.41, 5.74) is 0.0817. The molecule has 0 aliphatic carbocycles. The maximum atomic E-state index is 5.74. The van der Waals surface area contributed by atoms with E-state index in [4.69, 9.17) is 4.74 Å². The number of hydrogen-bond donors (Lipinski definition) is 1. The van der Waals surface area contributed by atoms with E-state index in [-0.39, 0.29) is 5.60 Å². The van der Waals surface area contributed by atoms with Gasteiger partial charge >= 0.3 is 0 Å². The molecule has 0 amide bonds. The first kappa shape index (κ1) is 12.7. The summed E-state index contributed by atoms with van der Waals surface area (Å²) in [4.78, 5) is 0. The van der Waals surface area contributed by atoms with Gasteiger partial charge in [-0.05, 0) is 63.5 Å². The molecule has 2 fully saturated rings. The summed E-state index contributed by atoms with van der Waals surface area (Å²) in [6.07, 6.45) is 5.16. The maximum absolute atomic E-state index is 5.74. The molecule has 2 aliphatic rings. The predicted molar refractivity (Wildman–Crippen MR) is 71.1 cm³/mol. The van der Waals surface area contributed by atoms with Crippen LogP contribution in [-0.2, 0) is 4.74 Å². The second kappa shape index (κ2) is 5.74. The fourth-order valence-corrected chi connectivity index (χ4v) is 3.89. The fraction of sp³-hybridized carbons (Fsp3) is 1.00. The van der Waals surface area contributed by atoms with Crippen LogP contribution in [0.1, 0.15) is 39.5 Å². The average molecular weight is 243 g/mol. The summed E-state index contributed by atoms with van der Waals surface area (Å²) >= 11 is 2.11. The van der Waals surface area contributed by atoms with Crippen LogP contribution in [0.4, 0.5) is 0 Å². The van der Waals surface area contributed by atoms with Gasteiger partial charge in [-0.1, -0.05) is 0 Å². The summed E-state index contributed by atoms with van der Waals surface area (Å²) in [6.45, 7) is 6.56. The zero-order valence-electron chi connectivity index (χ0n) is 10.6. The van der Waals surface area contributed by atoms with Crippen molar-refractivity contribution in [2.45, 2.75) is 51.2 Å². The van der Waals surface area contributed by atoms with Crippen LogP contribution in [-0.4, -0.2) is 36.3 Å². The Bertz CT molecular complexity index is 214. The fourth-order valence-electron chi connectivity index (χ4n) is 2.69. The Kier molecular flexibility index (Phi) is 4.57. The minimum atomic E-state index is 0.0817. The summed E-state index contributed by atoms with van der Waals surface area (Å²) in [6, 6.07) is 0.679. The third-order valence-electron chi connectivity index (χ3n) is 3.73. The van der Waals surface area contributed by atoms with Crippen molar-refractivity contribution in [2.75, 3.05) is 24.7 Å². The molecule has 0 aromatic rings. The molecule has 0 bridgehead atoms. The SMILES string of the molecule is CC1(C)CC(NCC2CCSCC2)CCO1. The van der Waals surface area contributed by atoms with Crippen LogP contribution in [0.3, 0.4) is 0 Å². The quantitative estimate of drug-likeness (QED) is 0.823. The molecule has 94 valence electrons. The zero-order chi connectivity index (χ0) is 11.4. The summed E-state index contributed by atoms with van der Waals surface area (Å²) in [5.74, 6) is 3.66. The molecule has 2 rings (SSSR count). The van der Waals surface area contributed by atoms with E-state index in [9.17, 15) is 0 Å². The van der Waals surface area contributed by atoms with Crippen LogP contribution in [0.25, 0.3) is 0 Å². The van der Waals surface area contributed by atoms with E-state index in [1.807, 2.05) is 0 Å². The van der Waals surface area contributed by atoms with Crippen molar-refractivity contribution in [1.82, 2.24) is 5.32 Å². The predicted octanol–water partition coefficient (Wildman–Crippen LogP) is 2.68. The summed E-state index contributed by atoms with van der Waals surface area (Å²) < 4.78 is 5.74. The van der Waals surface area contributed by atoms with Gasteiger partial charge in [-0.3, -0.25) is 0 Å². The molecule has 1 unspecified atom stereocenters. The van der Waals surface area contributed by atoms with Crippen molar-refractivity contribution in [1.29, 1.82) is 0 Å². The molecule has 2 nitrogen and oxygen atoms in total. The molecule has 2 saturated heterocycles. The molecular formula is C13H25NOS. The van der Waals surface area contributed by atoms with Gasteiger partial charge in [-0.15, -0.1) is 0 Å². The largest absolute Gasteiger partial charge is 0.375 e. The summed E-state index contributed by atoms with van der Waals surface area (Å²) in [5, 5.41) is 3.76. The number of hydrogen-bond acceptors (Lipinski definition) is 3. The van der Waals surface area contributed by atoms with Crippen molar-refractivity contribution in [3.05, 3.63) is 0 Å². The van der Waals surface area contributed by atoms with E-state index < -0.39 is 0 Å².